The summed E-state index contributed by atoms with van der Waals surface area (Å²) < 4.78 is 0. The lowest BCUT2D eigenvalue weighted by atomic mass is 9.95. The monoisotopic (exact) mass is 250 g/mol. The third kappa shape index (κ3) is 2.42. The molecule has 0 aromatic rings. The summed E-state index contributed by atoms with van der Waals surface area (Å²) in [5, 5.41) is 2.91. The van der Waals surface area contributed by atoms with Crippen LogP contribution >= 0.6 is 0 Å². The van der Waals surface area contributed by atoms with Gasteiger partial charge in [0.15, 0.2) is 0 Å². The van der Waals surface area contributed by atoms with E-state index in [-0.39, 0.29) is 29.8 Å². The van der Waals surface area contributed by atoms with E-state index in [0.717, 1.165) is 19.3 Å². The highest BCUT2D eigenvalue weighted by Crippen LogP contribution is 2.35. The third-order valence-electron chi connectivity index (χ3n) is 3.75. The van der Waals surface area contributed by atoms with E-state index in [9.17, 15) is 9.59 Å². The first-order valence-electron chi connectivity index (χ1n) is 6.78. The molecule has 0 aromatic carbocycles. The summed E-state index contributed by atoms with van der Waals surface area (Å²) in [7, 11) is 0. The molecule has 4 nitrogen and oxygen atoms in total. The lowest BCUT2D eigenvalue weighted by Gasteiger charge is -2.41. The van der Waals surface area contributed by atoms with Crippen LogP contribution in [0.5, 0.6) is 0 Å². The second-order valence-corrected chi connectivity index (χ2v) is 5.62. The van der Waals surface area contributed by atoms with E-state index < -0.39 is 0 Å². The van der Waals surface area contributed by atoms with Crippen LogP contribution in [0.2, 0.25) is 0 Å². The Morgan fingerprint density at radius 2 is 2.11 bits per heavy atom. The van der Waals surface area contributed by atoms with Crippen molar-refractivity contribution in [3.8, 4) is 0 Å². The van der Waals surface area contributed by atoms with Gasteiger partial charge >= 0.3 is 0 Å². The van der Waals surface area contributed by atoms with Crippen molar-refractivity contribution in [2.75, 3.05) is 6.54 Å². The van der Waals surface area contributed by atoms with Gasteiger partial charge in [0.25, 0.3) is 0 Å². The molecule has 1 saturated heterocycles. The molecule has 2 aliphatic rings. The van der Waals surface area contributed by atoms with E-state index >= 15 is 0 Å². The highest BCUT2D eigenvalue weighted by molar-refractivity contribution is 5.97. The number of carbonyl (C=O) groups is 2. The molecule has 18 heavy (non-hydrogen) atoms. The van der Waals surface area contributed by atoms with E-state index in [1.807, 2.05) is 13.8 Å². The summed E-state index contributed by atoms with van der Waals surface area (Å²) in [6.07, 6.45) is 4.64. The van der Waals surface area contributed by atoms with Crippen molar-refractivity contribution in [1.29, 1.82) is 0 Å². The maximum Gasteiger partial charge on any atom is 0.246 e. The SMILES string of the molecule is C=CCCN1C(=O)C(C2CC2)NC(=O)C1C(C)C. The zero-order valence-corrected chi connectivity index (χ0v) is 11.2. The molecule has 100 valence electrons. The van der Waals surface area contributed by atoms with Crippen LogP contribution in [0.3, 0.4) is 0 Å². The highest BCUT2D eigenvalue weighted by Gasteiger charge is 2.47. The molecule has 2 rings (SSSR count). The molecule has 2 fully saturated rings. The number of nitrogens with one attached hydrogen (secondary N) is 1. The van der Waals surface area contributed by atoms with Crippen LogP contribution in [0.15, 0.2) is 12.7 Å². The summed E-state index contributed by atoms with van der Waals surface area (Å²) in [6, 6.07) is -0.607. The van der Waals surface area contributed by atoms with Crippen molar-refractivity contribution in [2.24, 2.45) is 11.8 Å². The number of hydrogen-bond donors (Lipinski definition) is 1. The number of amides is 2. The minimum absolute atomic E-state index is 0.00515. The van der Waals surface area contributed by atoms with Crippen LogP contribution in [0.4, 0.5) is 0 Å². The predicted molar refractivity (Wildman–Crippen MR) is 69.8 cm³/mol. The fourth-order valence-electron chi connectivity index (χ4n) is 2.65. The molecular formula is C14H22N2O2. The van der Waals surface area contributed by atoms with E-state index in [2.05, 4.69) is 11.9 Å². The van der Waals surface area contributed by atoms with Crippen molar-refractivity contribution in [3.63, 3.8) is 0 Å². The summed E-state index contributed by atoms with van der Waals surface area (Å²) in [5.74, 6) is 0.600. The third-order valence-corrected chi connectivity index (χ3v) is 3.75. The van der Waals surface area contributed by atoms with Crippen molar-refractivity contribution < 1.29 is 9.59 Å². The number of piperazine rings is 1. The molecule has 1 aliphatic heterocycles. The van der Waals surface area contributed by atoms with Gasteiger partial charge in [-0.25, -0.2) is 0 Å². The molecule has 1 aliphatic carbocycles. The molecule has 2 atom stereocenters. The zero-order valence-electron chi connectivity index (χ0n) is 11.2. The molecule has 1 saturated carbocycles. The molecule has 0 bridgehead atoms. The molecule has 4 heteroatoms. The first-order chi connectivity index (χ1) is 8.56. The van der Waals surface area contributed by atoms with Gasteiger partial charge in [-0.05, 0) is 31.1 Å². The van der Waals surface area contributed by atoms with Gasteiger partial charge in [0.05, 0.1) is 0 Å². The molecule has 0 radical (unpaired) electrons. The standard InChI is InChI=1S/C14H22N2O2/c1-4-5-8-16-12(9(2)3)13(17)15-11(14(16)18)10-6-7-10/h4,9-12H,1,5-8H2,2-3H3,(H,15,17). The maximum atomic E-state index is 12.5. The van der Waals surface area contributed by atoms with Crippen molar-refractivity contribution in [1.82, 2.24) is 10.2 Å². The number of carbonyl (C=O) groups excluding carboxylic acids is 2. The number of rotatable bonds is 5. The van der Waals surface area contributed by atoms with E-state index in [4.69, 9.17) is 0 Å². The van der Waals surface area contributed by atoms with Gasteiger partial charge in [-0.3, -0.25) is 9.59 Å². The van der Waals surface area contributed by atoms with Crippen molar-refractivity contribution in [3.05, 3.63) is 12.7 Å². The topological polar surface area (TPSA) is 49.4 Å². The summed E-state index contributed by atoms with van der Waals surface area (Å²) >= 11 is 0. The van der Waals surface area contributed by atoms with E-state index in [1.54, 1.807) is 11.0 Å². The Hall–Kier alpha value is -1.32. The van der Waals surface area contributed by atoms with Gasteiger partial charge in [-0.15, -0.1) is 6.58 Å². The Balaban J connectivity index is 2.17. The van der Waals surface area contributed by atoms with Gasteiger partial charge in [-0.1, -0.05) is 19.9 Å². The van der Waals surface area contributed by atoms with Crippen LogP contribution < -0.4 is 5.32 Å². The maximum absolute atomic E-state index is 12.5. The van der Waals surface area contributed by atoms with Gasteiger partial charge in [-0.2, -0.15) is 0 Å². The Morgan fingerprint density at radius 1 is 1.44 bits per heavy atom. The van der Waals surface area contributed by atoms with Crippen molar-refractivity contribution >= 4 is 11.8 Å². The fourth-order valence-corrected chi connectivity index (χ4v) is 2.65. The smallest absolute Gasteiger partial charge is 0.246 e. The lowest BCUT2D eigenvalue weighted by molar-refractivity contribution is -0.151. The Labute approximate surface area is 108 Å². The van der Waals surface area contributed by atoms with Crippen LogP contribution in [-0.4, -0.2) is 35.3 Å². The number of nitrogens with zero attached hydrogens (tertiary/aromatic N) is 1. The highest BCUT2D eigenvalue weighted by atomic mass is 16.2. The minimum Gasteiger partial charge on any atom is -0.342 e. The normalized spacial score (nSPS) is 28.5. The molecule has 0 aromatic heterocycles. The van der Waals surface area contributed by atoms with Crippen LogP contribution in [0.1, 0.15) is 33.1 Å². The second kappa shape index (κ2) is 5.12. The van der Waals surface area contributed by atoms with E-state index in [0.29, 0.717) is 12.5 Å². The molecule has 1 N–H and O–H groups in total. The van der Waals surface area contributed by atoms with Gasteiger partial charge in [0.2, 0.25) is 11.8 Å². The largest absolute Gasteiger partial charge is 0.342 e. The Bertz CT molecular complexity index is 361. The molecule has 2 amide bonds. The Kier molecular flexibility index (Phi) is 3.73. The fraction of sp³-hybridized carbons (Fsp3) is 0.714. The summed E-state index contributed by atoms with van der Waals surface area (Å²) in [5.41, 5.74) is 0. The van der Waals surface area contributed by atoms with Gasteiger partial charge in [0.1, 0.15) is 12.1 Å². The first kappa shape index (κ1) is 13.1. The molecule has 2 unspecified atom stereocenters. The zero-order chi connectivity index (χ0) is 13.3. The molecular weight excluding hydrogens is 228 g/mol. The second-order valence-electron chi connectivity index (χ2n) is 5.62. The average Bonchev–Trinajstić information content (AvgIpc) is 3.12. The first-order valence-corrected chi connectivity index (χ1v) is 6.78. The molecule has 0 spiro atoms. The summed E-state index contributed by atoms with van der Waals surface area (Å²) in [6.45, 7) is 8.25. The summed E-state index contributed by atoms with van der Waals surface area (Å²) in [4.78, 5) is 26.4. The lowest BCUT2D eigenvalue weighted by Crippen LogP contribution is -2.65. The van der Waals surface area contributed by atoms with Crippen LogP contribution in [-0.2, 0) is 9.59 Å². The average molecular weight is 250 g/mol. The van der Waals surface area contributed by atoms with Crippen LogP contribution in [0, 0.1) is 11.8 Å². The van der Waals surface area contributed by atoms with Gasteiger partial charge < -0.3 is 10.2 Å². The predicted octanol–water partition coefficient (Wildman–Crippen LogP) is 1.32. The van der Waals surface area contributed by atoms with Gasteiger partial charge in [0, 0.05) is 6.54 Å². The van der Waals surface area contributed by atoms with E-state index in [1.165, 1.54) is 0 Å². The minimum atomic E-state index is -0.326. The van der Waals surface area contributed by atoms with Crippen molar-refractivity contribution in [2.45, 2.75) is 45.2 Å². The molecule has 1 heterocycles. The quantitative estimate of drug-likeness (QED) is 0.748. The number of hydrogen-bond acceptors (Lipinski definition) is 2. The van der Waals surface area contributed by atoms with Crippen LogP contribution in [0.25, 0.3) is 0 Å². The Morgan fingerprint density at radius 3 is 2.61 bits per heavy atom.